The molecular weight excluding hydrogens is 335 g/mol. The third-order valence-electron chi connectivity index (χ3n) is 6.42. The summed E-state index contributed by atoms with van der Waals surface area (Å²) in [6.45, 7) is 2.43. The molecule has 2 aliphatic heterocycles. The van der Waals surface area contributed by atoms with Gasteiger partial charge in [-0.2, -0.15) is 0 Å². The van der Waals surface area contributed by atoms with Crippen LogP contribution in [0.1, 0.15) is 31.2 Å². The molecule has 140 valence electrons. The largest absolute Gasteiger partial charge is 0.481 e. The summed E-state index contributed by atoms with van der Waals surface area (Å²) in [5.74, 6) is -0.912. The van der Waals surface area contributed by atoms with E-state index in [1.165, 1.54) is 12.1 Å². The number of nitrogens with zero attached hydrogens (tertiary/aromatic N) is 2. The van der Waals surface area contributed by atoms with E-state index in [0.717, 1.165) is 31.2 Å². The number of rotatable bonds is 4. The maximum absolute atomic E-state index is 13.4. The second-order valence-corrected chi connectivity index (χ2v) is 8.16. The Morgan fingerprint density at radius 1 is 1.19 bits per heavy atom. The average Bonchev–Trinajstić information content (AvgIpc) is 3.28. The second kappa shape index (κ2) is 6.65. The van der Waals surface area contributed by atoms with Crippen LogP contribution in [0, 0.1) is 23.1 Å². The SMILES string of the molecule is O=C(C1CCCC1)N1C[C@@H]2CN(Cc3cccc(F)c3)C[C@]2(C(=O)O)C1. The molecule has 6 heteroatoms. The van der Waals surface area contributed by atoms with Crippen molar-refractivity contribution in [1.82, 2.24) is 9.80 Å². The minimum absolute atomic E-state index is 0.0566. The van der Waals surface area contributed by atoms with Gasteiger partial charge in [-0.15, -0.1) is 0 Å². The van der Waals surface area contributed by atoms with E-state index in [2.05, 4.69) is 4.90 Å². The molecule has 3 fully saturated rings. The van der Waals surface area contributed by atoms with Crippen molar-refractivity contribution in [1.29, 1.82) is 0 Å². The summed E-state index contributed by atoms with van der Waals surface area (Å²) in [7, 11) is 0. The maximum atomic E-state index is 13.4. The molecule has 4 rings (SSSR count). The van der Waals surface area contributed by atoms with Crippen molar-refractivity contribution < 1.29 is 19.1 Å². The number of carbonyl (C=O) groups is 2. The van der Waals surface area contributed by atoms with E-state index in [-0.39, 0.29) is 23.6 Å². The monoisotopic (exact) mass is 360 g/mol. The van der Waals surface area contributed by atoms with Gasteiger partial charge >= 0.3 is 5.97 Å². The molecule has 1 N–H and O–H groups in total. The molecule has 1 saturated carbocycles. The highest BCUT2D eigenvalue weighted by atomic mass is 19.1. The van der Waals surface area contributed by atoms with Gasteiger partial charge in [0.15, 0.2) is 0 Å². The van der Waals surface area contributed by atoms with Gasteiger partial charge in [-0.3, -0.25) is 14.5 Å². The summed E-state index contributed by atoms with van der Waals surface area (Å²) in [5.41, 5.74) is -0.0360. The molecule has 0 radical (unpaired) electrons. The van der Waals surface area contributed by atoms with Crippen molar-refractivity contribution in [3.05, 3.63) is 35.6 Å². The number of aliphatic carboxylic acids is 1. The molecule has 1 amide bonds. The standard InChI is InChI=1S/C20H25FN2O3/c21-17-7-3-4-14(8-17)9-22-10-16-11-23(13-20(16,12-22)19(25)26)18(24)15-5-1-2-6-15/h3-4,7-8,15-16H,1-2,5-6,9-13H2,(H,25,26)/t16-,20-/m0/s1. The summed E-state index contributed by atoms with van der Waals surface area (Å²) in [5, 5.41) is 9.94. The number of halogens is 1. The van der Waals surface area contributed by atoms with Crippen LogP contribution in [0.25, 0.3) is 0 Å². The molecule has 1 aromatic carbocycles. The van der Waals surface area contributed by atoms with Crippen molar-refractivity contribution in [3.63, 3.8) is 0 Å². The zero-order chi connectivity index (χ0) is 18.3. The molecule has 2 saturated heterocycles. The van der Waals surface area contributed by atoms with E-state index in [0.29, 0.717) is 32.7 Å². The zero-order valence-corrected chi connectivity index (χ0v) is 14.9. The first kappa shape index (κ1) is 17.5. The van der Waals surface area contributed by atoms with Crippen LogP contribution in [0.5, 0.6) is 0 Å². The Morgan fingerprint density at radius 2 is 1.96 bits per heavy atom. The number of fused-ring (bicyclic) bond motifs is 1. The predicted molar refractivity (Wildman–Crippen MR) is 93.8 cm³/mol. The summed E-state index contributed by atoms with van der Waals surface area (Å²) in [6.07, 6.45) is 4.07. The molecule has 3 aliphatic rings. The van der Waals surface area contributed by atoms with Gasteiger partial charge in [-0.25, -0.2) is 4.39 Å². The molecule has 26 heavy (non-hydrogen) atoms. The fraction of sp³-hybridized carbons (Fsp3) is 0.600. The van der Waals surface area contributed by atoms with Gasteiger partial charge in [0.25, 0.3) is 0 Å². The van der Waals surface area contributed by atoms with E-state index >= 15 is 0 Å². The highest BCUT2D eigenvalue weighted by molar-refractivity contribution is 5.83. The molecule has 2 heterocycles. The molecule has 0 unspecified atom stereocenters. The molecule has 1 aliphatic carbocycles. The first-order chi connectivity index (χ1) is 12.5. The van der Waals surface area contributed by atoms with Gasteiger partial charge in [0.05, 0.1) is 0 Å². The second-order valence-electron chi connectivity index (χ2n) is 8.16. The molecule has 1 aromatic rings. The number of carboxylic acid groups (broad SMARTS) is 1. The average molecular weight is 360 g/mol. The van der Waals surface area contributed by atoms with E-state index in [1.54, 1.807) is 11.0 Å². The number of hydrogen-bond donors (Lipinski definition) is 1. The van der Waals surface area contributed by atoms with Crippen molar-refractivity contribution in [2.75, 3.05) is 26.2 Å². The number of carbonyl (C=O) groups excluding carboxylic acids is 1. The normalized spacial score (nSPS) is 29.3. The number of hydrogen-bond acceptors (Lipinski definition) is 3. The molecule has 0 spiro atoms. The van der Waals surface area contributed by atoms with Gasteiger partial charge in [0, 0.05) is 44.6 Å². The fourth-order valence-corrected chi connectivity index (χ4v) is 5.08. The first-order valence-corrected chi connectivity index (χ1v) is 9.47. The molecule has 5 nitrogen and oxygen atoms in total. The van der Waals surface area contributed by atoms with Crippen LogP contribution >= 0.6 is 0 Å². The van der Waals surface area contributed by atoms with Gasteiger partial charge in [-0.05, 0) is 30.5 Å². The lowest BCUT2D eigenvalue weighted by molar-refractivity contribution is -0.149. The summed E-state index contributed by atoms with van der Waals surface area (Å²) in [6, 6.07) is 6.45. The highest BCUT2D eigenvalue weighted by Gasteiger charge is 2.58. The lowest BCUT2D eigenvalue weighted by atomic mass is 9.81. The maximum Gasteiger partial charge on any atom is 0.313 e. The summed E-state index contributed by atoms with van der Waals surface area (Å²) < 4.78 is 13.4. The first-order valence-electron chi connectivity index (χ1n) is 9.47. The van der Waals surface area contributed by atoms with E-state index in [9.17, 15) is 19.1 Å². The van der Waals surface area contributed by atoms with Crippen LogP contribution in [0.3, 0.4) is 0 Å². The van der Waals surface area contributed by atoms with Crippen molar-refractivity contribution >= 4 is 11.9 Å². The van der Waals surface area contributed by atoms with Crippen molar-refractivity contribution in [3.8, 4) is 0 Å². The topological polar surface area (TPSA) is 60.9 Å². The number of amides is 1. The van der Waals surface area contributed by atoms with E-state index in [4.69, 9.17) is 0 Å². The number of likely N-dealkylation sites (tertiary alicyclic amines) is 2. The highest BCUT2D eigenvalue weighted by Crippen LogP contribution is 2.44. The smallest absolute Gasteiger partial charge is 0.313 e. The summed E-state index contributed by atoms with van der Waals surface area (Å²) >= 11 is 0. The zero-order valence-electron chi connectivity index (χ0n) is 14.9. The van der Waals surface area contributed by atoms with Gasteiger partial charge in [0.1, 0.15) is 11.2 Å². The Labute approximate surface area is 152 Å². The van der Waals surface area contributed by atoms with E-state index in [1.807, 2.05) is 6.07 Å². The molecular formula is C20H25FN2O3. The minimum Gasteiger partial charge on any atom is -0.481 e. The van der Waals surface area contributed by atoms with Crippen LogP contribution < -0.4 is 0 Å². The third kappa shape index (κ3) is 3.00. The van der Waals surface area contributed by atoms with Crippen molar-refractivity contribution in [2.45, 2.75) is 32.2 Å². The lowest BCUT2D eigenvalue weighted by Crippen LogP contribution is -2.42. The summed E-state index contributed by atoms with van der Waals surface area (Å²) in [4.78, 5) is 28.7. The van der Waals surface area contributed by atoms with Crippen LogP contribution in [-0.2, 0) is 16.1 Å². The van der Waals surface area contributed by atoms with Crippen molar-refractivity contribution in [2.24, 2.45) is 17.3 Å². The fourth-order valence-electron chi connectivity index (χ4n) is 5.08. The quantitative estimate of drug-likeness (QED) is 0.895. The van der Waals surface area contributed by atoms with E-state index < -0.39 is 11.4 Å². The van der Waals surface area contributed by atoms with Gasteiger partial charge in [0.2, 0.25) is 5.91 Å². The van der Waals surface area contributed by atoms with Crippen LogP contribution in [0.4, 0.5) is 4.39 Å². The Morgan fingerprint density at radius 3 is 2.62 bits per heavy atom. The minimum atomic E-state index is -0.887. The van der Waals surface area contributed by atoms with Crippen LogP contribution in [-0.4, -0.2) is 53.0 Å². The Kier molecular flexibility index (Phi) is 4.47. The number of carboxylic acids is 1. The lowest BCUT2D eigenvalue weighted by Gasteiger charge is -2.27. The Bertz CT molecular complexity index is 719. The predicted octanol–water partition coefficient (Wildman–Crippen LogP) is 2.36. The number of benzene rings is 1. The van der Waals surface area contributed by atoms with Gasteiger partial charge in [-0.1, -0.05) is 25.0 Å². The van der Waals surface area contributed by atoms with Gasteiger partial charge < -0.3 is 10.0 Å². The molecule has 0 bridgehead atoms. The Hall–Kier alpha value is -1.95. The Balaban J connectivity index is 1.46. The third-order valence-corrected chi connectivity index (χ3v) is 6.42. The van der Waals surface area contributed by atoms with Crippen LogP contribution in [0.15, 0.2) is 24.3 Å². The van der Waals surface area contributed by atoms with Crippen LogP contribution in [0.2, 0.25) is 0 Å². The molecule has 2 atom stereocenters. The molecule has 0 aromatic heterocycles.